The lowest BCUT2D eigenvalue weighted by Crippen LogP contribution is -2.50. The molecule has 3 rings (SSSR count). The standard InChI is InChI=1S/C15H22N3O5P/c1-6-15-10(23-24(4)5)9(17(3)13(15)20)12(22-15)18-7-8(2)11(19)16-14(18)21/h7,9-10,12H,6H2,1-5H3,(H,16,19,21)/t9-,10?,12+,15+/m0/s1. The number of nitrogens with zero attached hydrogens (tertiary/aromatic N) is 2. The molecule has 2 fully saturated rings. The largest absolute Gasteiger partial charge is 0.351 e. The topological polar surface area (TPSA) is 93.6 Å². The van der Waals surface area contributed by atoms with Gasteiger partial charge in [-0.1, -0.05) is 6.92 Å². The normalized spacial score (nSPS) is 32.2. The summed E-state index contributed by atoms with van der Waals surface area (Å²) in [7, 11) is 0.990. The van der Waals surface area contributed by atoms with Gasteiger partial charge in [-0.15, -0.1) is 0 Å². The zero-order valence-corrected chi connectivity index (χ0v) is 15.3. The predicted molar refractivity (Wildman–Crippen MR) is 89.4 cm³/mol. The van der Waals surface area contributed by atoms with Crippen LogP contribution in [0.3, 0.4) is 0 Å². The van der Waals surface area contributed by atoms with Gasteiger partial charge < -0.3 is 14.2 Å². The van der Waals surface area contributed by atoms with Crippen molar-refractivity contribution >= 4 is 14.1 Å². The van der Waals surface area contributed by atoms with E-state index in [4.69, 9.17) is 9.26 Å². The molecular formula is C15H22N3O5P. The summed E-state index contributed by atoms with van der Waals surface area (Å²) in [5.41, 5.74) is -1.65. The van der Waals surface area contributed by atoms with Crippen LogP contribution in [0.15, 0.2) is 15.8 Å². The Morgan fingerprint density at radius 1 is 1.38 bits per heavy atom. The Hall–Kier alpha value is -1.50. The molecule has 132 valence electrons. The number of carbonyl (C=O) groups excluding carboxylic acids is 1. The van der Waals surface area contributed by atoms with Gasteiger partial charge in [0.25, 0.3) is 11.5 Å². The van der Waals surface area contributed by atoms with Gasteiger partial charge in [0, 0.05) is 27.0 Å². The molecule has 24 heavy (non-hydrogen) atoms. The molecule has 0 saturated carbocycles. The number of ether oxygens (including phenoxy) is 1. The van der Waals surface area contributed by atoms with E-state index in [0.29, 0.717) is 12.0 Å². The van der Waals surface area contributed by atoms with Gasteiger partial charge in [-0.25, -0.2) is 4.79 Å². The summed E-state index contributed by atoms with van der Waals surface area (Å²) in [4.78, 5) is 40.4. The first-order valence-corrected chi connectivity index (χ1v) is 9.99. The summed E-state index contributed by atoms with van der Waals surface area (Å²) in [6.45, 7) is 7.43. The van der Waals surface area contributed by atoms with Gasteiger partial charge in [0.1, 0.15) is 12.1 Å². The number of aryl methyl sites for hydroxylation is 1. The van der Waals surface area contributed by atoms with E-state index in [9.17, 15) is 14.4 Å². The number of hydrogen-bond acceptors (Lipinski definition) is 5. The highest BCUT2D eigenvalue weighted by Gasteiger charge is 2.69. The van der Waals surface area contributed by atoms with Crippen LogP contribution in [-0.2, 0) is 14.1 Å². The van der Waals surface area contributed by atoms with E-state index in [1.807, 2.05) is 20.3 Å². The van der Waals surface area contributed by atoms with Crippen LogP contribution in [0.2, 0.25) is 0 Å². The Labute approximate surface area is 140 Å². The maximum Gasteiger partial charge on any atom is 0.330 e. The minimum Gasteiger partial charge on any atom is -0.351 e. The highest BCUT2D eigenvalue weighted by atomic mass is 31.1. The minimum absolute atomic E-state index is 0.123. The molecule has 2 aliphatic rings. The average molecular weight is 355 g/mol. The van der Waals surface area contributed by atoms with Crippen molar-refractivity contribution in [2.24, 2.45) is 0 Å². The summed E-state index contributed by atoms with van der Waals surface area (Å²) >= 11 is 0. The fraction of sp³-hybridized carbons (Fsp3) is 0.667. The number of morpholine rings is 1. The molecule has 8 nitrogen and oxygen atoms in total. The average Bonchev–Trinajstić information content (AvgIpc) is 2.92. The van der Waals surface area contributed by atoms with Crippen LogP contribution >= 0.6 is 8.15 Å². The monoisotopic (exact) mass is 355 g/mol. The van der Waals surface area contributed by atoms with E-state index >= 15 is 0 Å². The van der Waals surface area contributed by atoms with Gasteiger partial charge in [0.15, 0.2) is 11.8 Å². The number of hydrogen-bond donors (Lipinski definition) is 1. The van der Waals surface area contributed by atoms with Crippen molar-refractivity contribution in [3.63, 3.8) is 0 Å². The molecule has 0 aromatic carbocycles. The zero-order chi connectivity index (χ0) is 17.8. The number of rotatable bonds is 4. The fourth-order valence-electron chi connectivity index (χ4n) is 3.58. The molecular weight excluding hydrogens is 333 g/mol. The first kappa shape index (κ1) is 17.3. The second-order valence-electron chi connectivity index (χ2n) is 6.48. The Balaban J connectivity index is 2.10. The van der Waals surface area contributed by atoms with Gasteiger partial charge in [-0.2, -0.15) is 0 Å². The lowest BCUT2D eigenvalue weighted by atomic mass is 9.96. The van der Waals surface area contributed by atoms with Gasteiger partial charge in [-0.05, 0) is 26.7 Å². The van der Waals surface area contributed by atoms with E-state index in [-0.39, 0.29) is 5.91 Å². The van der Waals surface area contributed by atoms with E-state index < -0.39 is 43.4 Å². The number of H-pyrrole nitrogens is 1. The van der Waals surface area contributed by atoms with Crippen molar-refractivity contribution in [2.45, 2.75) is 44.2 Å². The highest BCUT2D eigenvalue weighted by Crippen LogP contribution is 2.52. The van der Waals surface area contributed by atoms with Gasteiger partial charge in [-0.3, -0.25) is 19.1 Å². The van der Waals surface area contributed by atoms with Crippen molar-refractivity contribution in [3.8, 4) is 0 Å². The number of carbonyl (C=O) groups is 1. The number of likely N-dealkylation sites (tertiary alicyclic amines) is 1. The molecule has 2 saturated heterocycles. The number of nitrogens with one attached hydrogen (secondary N) is 1. The van der Waals surface area contributed by atoms with Crippen LogP contribution in [-0.4, -0.2) is 58.5 Å². The Bertz CT molecular complexity index is 788. The molecule has 4 atom stereocenters. The second-order valence-corrected chi connectivity index (χ2v) is 8.31. The number of fused-ring (bicyclic) bond motifs is 2. The summed E-state index contributed by atoms with van der Waals surface area (Å²) in [5.74, 6) is -0.123. The van der Waals surface area contributed by atoms with E-state index in [0.717, 1.165) is 0 Å². The third kappa shape index (κ3) is 2.28. The molecule has 1 amide bonds. The number of amides is 1. The molecule has 9 heteroatoms. The SMILES string of the molecule is CC[C@@]12O[C@@H](n3cc(C)c(=O)[nH]c3=O)[C@H](C1OP(C)C)N(C)C2=O. The van der Waals surface area contributed by atoms with Crippen molar-refractivity contribution in [1.82, 2.24) is 14.5 Å². The van der Waals surface area contributed by atoms with Crippen molar-refractivity contribution < 1.29 is 14.1 Å². The van der Waals surface area contributed by atoms with Crippen LogP contribution in [0.4, 0.5) is 0 Å². The van der Waals surface area contributed by atoms with Crippen LogP contribution in [0, 0.1) is 6.92 Å². The minimum atomic E-state index is -1.08. The third-order valence-electron chi connectivity index (χ3n) is 4.79. The number of aromatic nitrogens is 2. The first-order valence-electron chi connectivity index (χ1n) is 7.84. The van der Waals surface area contributed by atoms with Crippen molar-refractivity contribution in [1.29, 1.82) is 0 Å². The molecule has 2 aliphatic heterocycles. The summed E-state index contributed by atoms with van der Waals surface area (Å²) in [6.07, 6.45) is 0.806. The second kappa shape index (κ2) is 5.79. The van der Waals surface area contributed by atoms with Crippen LogP contribution in [0.1, 0.15) is 25.1 Å². The number of aromatic amines is 1. The molecule has 1 aromatic heterocycles. The smallest absolute Gasteiger partial charge is 0.330 e. The lowest BCUT2D eigenvalue weighted by Gasteiger charge is -2.34. The van der Waals surface area contributed by atoms with Crippen LogP contribution in [0.5, 0.6) is 0 Å². The molecule has 0 aliphatic carbocycles. The van der Waals surface area contributed by atoms with E-state index in [1.54, 1.807) is 18.9 Å². The Morgan fingerprint density at radius 2 is 2.04 bits per heavy atom. The van der Waals surface area contributed by atoms with Crippen molar-refractivity contribution in [2.75, 3.05) is 20.4 Å². The summed E-state index contributed by atoms with van der Waals surface area (Å²) in [6, 6.07) is -0.412. The van der Waals surface area contributed by atoms with Crippen LogP contribution in [0.25, 0.3) is 0 Å². The summed E-state index contributed by atoms with van der Waals surface area (Å²) < 4.78 is 13.5. The molecule has 0 spiro atoms. The van der Waals surface area contributed by atoms with Crippen molar-refractivity contribution in [3.05, 3.63) is 32.6 Å². The molecule has 1 aromatic rings. The zero-order valence-electron chi connectivity index (χ0n) is 14.4. The quantitative estimate of drug-likeness (QED) is 0.790. The number of likely N-dealkylation sites (N-methyl/N-ethyl adjacent to an activating group) is 1. The van der Waals surface area contributed by atoms with Gasteiger partial charge in [0.05, 0.1) is 0 Å². The van der Waals surface area contributed by atoms with E-state index in [1.165, 1.54) is 10.8 Å². The van der Waals surface area contributed by atoms with Gasteiger partial charge >= 0.3 is 5.69 Å². The van der Waals surface area contributed by atoms with E-state index in [2.05, 4.69) is 4.98 Å². The molecule has 1 N–H and O–H groups in total. The molecule has 1 unspecified atom stereocenters. The molecule has 3 heterocycles. The Morgan fingerprint density at radius 3 is 2.62 bits per heavy atom. The maximum atomic E-state index is 12.7. The highest BCUT2D eigenvalue weighted by molar-refractivity contribution is 7.50. The van der Waals surface area contributed by atoms with Gasteiger partial charge in [0.2, 0.25) is 0 Å². The lowest BCUT2D eigenvalue weighted by molar-refractivity contribution is -0.175. The summed E-state index contributed by atoms with van der Waals surface area (Å²) in [5, 5.41) is 0. The fourth-order valence-corrected chi connectivity index (χ4v) is 4.33. The molecule has 0 radical (unpaired) electrons. The third-order valence-corrected chi connectivity index (χ3v) is 5.44. The van der Waals surface area contributed by atoms with Crippen LogP contribution < -0.4 is 11.2 Å². The maximum absolute atomic E-state index is 12.7. The first-order chi connectivity index (χ1) is 11.2. The molecule has 2 bridgehead atoms. The Kier molecular flexibility index (Phi) is 4.18. The predicted octanol–water partition coefficient (Wildman–Crippen LogP) is 0.405.